The zero-order valence-electron chi connectivity index (χ0n) is 9.03. The highest BCUT2D eigenvalue weighted by Crippen LogP contribution is 2.17. The van der Waals surface area contributed by atoms with Crippen LogP contribution in [0.15, 0.2) is 24.3 Å². The van der Waals surface area contributed by atoms with Crippen LogP contribution in [0.3, 0.4) is 0 Å². The number of carbonyl (C=O) groups excluding carboxylic acids is 1. The van der Waals surface area contributed by atoms with Crippen LogP contribution in [-0.4, -0.2) is 17.8 Å². The number of urea groups is 1. The number of amides is 2. The minimum Gasteiger partial charge on any atom is -0.336 e. The number of aryl methyl sites for hydroxylation is 1. The van der Waals surface area contributed by atoms with Crippen LogP contribution in [0.2, 0.25) is 0 Å². The maximum atomic E-state index is 11.4. The van der Waals surface area contributed by atoms with E-state index in [1.807, 2.05) is 26.0 Å². The van der Waals surface area contributed by atoms with Crippen molar-refractivity contribution in [2.45, 2.75) is 20.3 Å². The average Bonchev–Trinajstić information content (AvgIpc) is 2.25. The van der Waals surface area contributed by atoms with Crippen molar-refractivity contribution in [3.8, 4) is 0 Å². The standard InChI is InChI=1S/C11H16N2O2/c1-3-8-12-11(14)13(15)10-7-5-4-6-9(10)2/h4-7,15H,3,8H2,1-2H3,(H,12,14). The highest BCUT2D eigenvalue weighted by atomic mass is 16.5. The highest BCUT2D eigenvalue weighted by Gasteiger charge is 2.13. The van der Waals surface area contributed by atoms with Crippen molar-refractivity contribution in [1.82, 2.24) is 5.32 Å². The van der Waals surface area contributed by atoms with Gasteiger partial charge in [0.25, 0.3) is 0 Å². The van der Waals surface area contributed by atoms with Gasteiger partial charge >= 0.3 is 6.03 Å². The van der Waals surface area contributed by atoms with E-state index in [0.29, 0.717) is 17.3 Å². The number of hydroxylamine groups is 1. The van der Waals surface area contributed by atoms with Gasteiger partial charge in [0, 0.05) is 6.54 Å². The number of rotatable bonds is 3. The highest BCUT2D eigenvalue weighted by molar-refractivity contribution is 5.90. The molecule has 1 rings (SSSR count). The molecule has 2 N–H and O–H groups in total. The molecule has 82 valence electrons. The molecule has 0 bridgehead atoms. The number of benzene rings is 1. The summed E-state index contributed by atoms with van der Waals surface area (Å²) in [6, 6.07) is 6.67. The molecule has 0 radical (unpaired) electrons. The summed E-state index contributed by atoms with van der Waals surface area (Å²) in [5.41, 5.74) is 1.36. The van der Waals surface area contributed by atoms with Crippen molar-refractivity contribution in [3.63, 3.8) is 0 Å². The minimum absolute atomic E-state index is 0.494. The van der Waals surface area contributed by atoms with Gasteiger partial charge in [0.2, 0.25) is 0 Å². The molecule has 0 heterocycles. The molecular weight excluding hydrogens is 192 g/mol. The molecule has 0 aliphatic carbocycles. The molecular formula is C11H16N2O2. The Morgan fingerprint density at radius 2 is 2.13 bits per heavy atom. The summed E-state index contributed by atoms with van der Waals surface area (Å²) in [7, 11) is 0. The van der Waals surface area contributed by atoms with Gasteiger partial charge in [-0.05, 0) is 25.0 Å². The maximum absolute atomic E-state index is 11.4. The van der Waals surface area contributed by atoms with Gasteiger partial charge in [0.15, 0.2) is 0 Å². The number of anilines is 1. The van der Waals surface area contributed by atoms with Crippen LogP contribution >= 0.6 is 0 Å². The number of nitrogens with one attached hydrogen (secondary N) is 1. The van der Waals surface area contributed by atoms with E-state index in [4.69, 9.17) is 0 Å². The average molecular weight is 208 g/mol. The van der Waals surface area contributed by atoms with Crippen molar-refractivity contribution >= 4 is 11.7 Å². The zero-order chi connectivity index (χ0) is 11.3. The second-order valence-corrected chi connectivity index (χ2v) is 3.33. The topological polar surface area (TPSA) is 52.6 Å². The third-order valence-electron chi connectivity index (χ3n) is 2.06. The molecule has 0 aliphatic rings. The smallest absolute Gasteiger partial charge is 0.336 e. The first-order chi connectivity index (χ1) is 7.16. The summed E-state index contributed by atoms with van der Waals surface area (Å²) < 4.78 is 0. The Kier molecular flexibility index (Phi) is 4.12. The molecule has 0 atom stereocenters. The van der Waals surface area contributed by atoms with Crippen molar-refractivity contribution in [1.29, 1.82) is 0 Å². The van der Waals surface area contributed by atoms with E-state index in [1.165, 1.54) is 0 Å². The van der Waals surface area contributed by atoms with E-state index in [9.17, 15) is 10.0 Å². The molecule has 1 aromatic rings. The van der Waals surface area contributed by atoms with Crippen LogP contribution in [0.1, 0.15) is 18.9 Å². The van der Waals surface area contributed by atoms with Crippen LogP contribution in [0, 0.1) is 6.92 Å². The third kappa shape index (κ3) is 2.95. The molecule has 15 heavy (non-hydrogen) atoms. The van der Waals surface area contributed by atoms with Gasteiger partial charge in [-0.2, -0.15) is 5.06 Å². The number of carbonyl (C=O) groups is 1. The Hall–Kier alpha value is -1.55. The van der Waals surface area contributed by atoms with Crippen LogP contribution in [0.25, 0.3) is 0 Å². The molecule has 0 saturated heterocycles. The molecule has 0 unspecified atom stereocenters. The number of para-hydroxylation sites is 1. The second kappa shape index (κ2) is 5.36. The summed E-state index contributed by atoms with van der Waals surface area (Å²) in [6.45, 7) is 4.35. The van der Waals surface area contributed by atoms with Gasteiger partial charge in [-0.15, -0.1) is 0 Å². The Balaban J connectivity index is 2.72. The molecule has 2 amide bonds. The summed E-state index contributed by atoms with van der Waals surface area (Å²) in [4.78, 5) is 11.4. The minimum atomic E-state index is -0.494. The fourth-order valence-electron chi connectivity index (χ4n) is 1.22. The Morgan fingerprint density at radius 3 is 2.73 bits per heavy atom. The van der Waals surface area contributed by atoms with Crippen LogP contribution < -0.4 is 10.4 Å². The van der Waals surface area contributed by atoms with Gasteiger partial charge < -0.3 is 5.32 Å². The van der Waals surface area contributed by atoms with Crippen molar-refractivity contribution in [3.05, 3.63) is 29.8 Å². The summed E-state index contributed by atoms with van der Waals surface area (Å²) in [5, 5.41) is 12.9. The normalized spacial score (nSPS) is 9.80. The molecule has 4 nitrogen and oxygen atoms in total. The third-order valence-corrected chi connectivity index (χ3v) is 2.06. The Labute approximate surface area is 89.5 Å². The summed E-state index contributed by atoms with van der Waals surface area (Å²) in [5.74, 6) is 0. The van der Waals surface area contributed by atoms with Gasteiger partial charge in [-0.1, -0.05) is 25.1 Å². The zero-order valence-corrected chi connectivity index (χ0v) is 9.03. The van der Waals surface area contributed by atoms with E-state index < -0.39 is 6.03 Å². The van der Waals surface area contributed by atoms with E-state index in [0.717, 1.165) is 12.0 Å². The van der Waals surface area contributed by atoms with Crippen molar-refractivity contribution in [2.75, 3.05) is 11.6 Å². The SMILES string of the molecule is CCCNC(=O)N(O)c1ccccc1C. The van der Waals surface area contributed by atoms with Crippen molar-refractivity contribution < 1.29 is 10.0 Å². The van der Waals surface area contributed by atoms with E-state index in [2.05, 4.69) is 5.32 Å². The molecule has 1 aromatic carbocycles. The quantitative estimate of drug-likeness (QED) is 0.591. The molecule has 0 spiro atoms. The Morgan fingerprint density at radius 1 is 1.47 bits per heavy atom. The predicted octanol–water partition coefficient (Wildman–Crippen LogP) is 2.31. The summed E-state index contributed by atoms with van der Waals surface area (Å²) >= 11 is 0. The fourth-order valence-corrected chi connectivity index (χ4v) is 1.22. The van der Waals surface area contributed by atoms with Crippen molar-refractivity contribution in [2.24, 2.45) is 0 Å². The second-order valence-electron chi connectivity index (χ2n) is 3.33. The van der Waals surface area contributed by atoms with Gasteiger partial charge in [0.05, 0.1) is 5.69 Å². The molecule has 0 aromatic heterocycles. The summed E-state index contributed by atoms with van der Waals surface area (Å²) in [6.07, 6.45) is 0.841. The van der Waals surface area contributed by atoms with Gasteiger partial charge in [-0.3, -0.25) is 5.21 Å². The first-order valence-electron chi connectivity index (χ1n) is 4.99. The molecule has 0 fully saturated rings. The fraction of sp³-hybridized carbons (Fsp3) is 0.364. The van der Waals surface area contributed by atoms with E-state index in [-0.39, 0.29) is 0 Å². The molecule has 0 aliphatic heterocycles. The first-order valence-corrected chi connectivity index (χ1v) is 4.99. The van der Waals surface area contributed by atoms with Gasteiger partial charge in [0.1, 0.15) is 0 Å². The lowest BCUT2D eigenvalue weighted by Crippen LogP contribution is -2.38. The van der Waals surface area contributed by atoms with Crippen LogP contribution in [-0.2, 0) is 0 Å². The number of hydrogen-bond donors (Lipinski definition) is 2. The van der Waals surface area contributed by atoms with E-state index >= 15 is 0 Å². The van der Waals surface area contributed by atoms with E-state index in [1.54, 1.807) is 12.1 Å². The first kappa shape index (κ1) is 11.5. The number of hydrogen-bond acceptors (Lipinski definition) is 2. The largest absolute Gasteiger partial charge is 0.345 e. The van der Waals surface area contributed by atoms with Gasteiger partial charge in [-0.25, -0.2) is 4.79 Å². The molecule has 0 saturated carbocycles. The lowest BCUT2D eigenvalue weighted by atomic mass is 10.2. The number of nitrogens with zero attached hydrogens (tertiary/aromatic N) is 1. The Bertz CT molecular complexity index is 339. The maximum Gasteiger partial charge on any atom is 0.345 e. The lowest BCUT2D eigenvalue weighted by molar-refractivity contribution is 0.204. The monoisotopic (exact) mass is 208 g/mol. The molecule has 4 heteroatoms. The van der Waals surface area contributed by atoms with Crippen LogP contribution in [0.5, 0.6) is 0 Å². The predicted molar refractivity (Wildman–Crippen MR) is 59.1 cm³/mol. The van der Waals surface area contributed by atoms with Crippen LogP contribution in [0.4, 0.5) is 10.5 Å². The lowest BCUT2D eigenvalue weighted by Gasteiger charge is -2.17.